The van der Waals surface area contributed by atoms with Crippen LogP contribution in [0.4, 0.5) is 5.82 Å². The summed E-state index contributed by atoms with van der Waals surface area (Å²) in [5.74, 6) is 2.60. The number of fused-ring (bicyclic) bond motifs is 1. The summed E-state index contributed by atoms with van der Waals surface area (Å²) in [6, 6.07) is 2.48. The molecule has 1 fully saturated rings. The molecule has 0 saturated heterocycles. The molecule has 2 aromatic rings. The Balaban J connectivity index is 1.64. The molecule has 108 valence electrons. The van der Waals surface area contributed by atoms with Gasteiger partial charge in [0.2, 0.25) is 0 Å². The molecule has 3 rings (SSSR count). The van der Waals surface area contributed by atoms with Gasteiger partial charge in [0, 0.05) is 17.8 Å². The predicted octanol–water partition coefficient (Wildman–Crippen LogP) is 3.20. The third kappa shape index (κ3) is 2.92. The molecule has 1 aliphatic carbocycles. The first-order valence-electron chi connectivity index (χ1n) is 7.66. The van der Waals surface area contributed by atoms with Crippen LogP contribution in [0.15, 0.2) is 12.4 Å². The highest BCUT2D eigenvalue weighted by atomic mass is 15.4. The van der Waals surface area contributed by atoms with Gasteiger partial charge < -0.3 is 5.32 Å². The molecule has 0 bridgehead atoms. The van der Waals surface area contributed by atoms with Crippen molar-refractivity contribution in [1.29, 1.82) is 0 Å². The van der Waals surface area contributed by atoms with Crippen molar-refractivity contribution in [2.24, 2.45) is 5.92 Å². The molecule has 0 spiro atoms. The Kier molecular flexibility index (Phi) is 3.85. The van der Waals surface area contributed by atoms with Crippen LogP contribution in [0.2, 0.25) is 0 Å². The number of nitrogens with one attached hydrogen (secondary N) is 1. The zero-order valence-electron chi connectivity index (χ0n) is 12.3. The van der Waals surface area contributed by atoms with Crippen molar-refractivity contribution in [2.75, 3.05) is 5.32 Å². The number of aryl methyl sites for hydroxylation is 1. The van der Waals surface area contributed by atoms with Crippen molar-refractivity contribution < 1.29 is 0 Å². The summed E-state index contributed by atoms with van der Waals surface area (Å²) in [5, 5.41) is 7.79. The van der Waals surface area contributed by atoms with Crippen LogP contribution in [0.1, 0.15) is 51.1 Å². The van der Waals surface area contributed by atoms with E-state index in [2.05, 4.69) is 27.3 Å². The summed E-state index contributed by atoms with van der Waals surface area (Å²) in [5.41, 5.74) is 0.969. The van der Waals surface area contributed by atoms with E-state index in [9.17, 15) is 0 Å². The van der Waals surface area contributed by atoms with E-state index < -0.39 is 0 Å². The zero-order chi connectivity index (χ0) is 13.9. The van der Waals surface area contributed by atoms with E-state index in [-0.39, 0.29) is 0 Å². The smallest absolute Gasteiger partial charge is 0.254 e. The van der Waals surface area contributed by atoms with Crippen molar-refractivity contribution in [3.8, 4) is 0 Å². The molecule has 5 nitrogen and oxygen atoms in total. The Hall–Kier alpha value is -1.65. The maximum Gasteiger partial charge on any atom is 0.254 e. The maximum atomic E-state index is 4.36. The average Bonchev–Trinajstić information content (AvgIpc) is 3.06. The number of anilines is 1. The molecule has 0 aromatic carbocycles. The monoisotopic (exact) mass is 273 g/mol. The number of nitrogens with zero attached hydrogens (tertiary/aromatic N) is 4. The van der Waals surface area contributed by atoms with Gasteiger partial charge in [0.15, 0.2) is 0 Å². The zero-order valence-corrected chi connectivity index (χ0v) is 12.3. The lowest BCUT2D eigenvalue weighted by atomic mass is 9.99. The van der Waals surface area contributed by atoms with Gasteiger partial charge in [-0.25, -0.2) is 4.98 Å². The molecular weight excluding hydrogens is 250 g/mol. The largest absolute Gasteiger partial charge is 0.367 e. The SMILES string of the molecule is Cc1cc(NC(C)CCC2CCCC2)n2ncnc2n1. The normalized spacial score (nSPS) is 17.7. The van der Waals surface area contributed by atoms with Gasteiger partial charge in [0.1, 0.15) is 12.1 Å². The minimum atomic E-state index is 0.449. The fraction of sp³-hybridized carbons (Fsp3) is 0.667. The lowest BCUT2D eigenvalue weighted by Crippen LogP contribution is -2.19. The second-order valence-electron chi connectivity index (χ2n) is 6.03. The predicted molar refractivity (Wildman–Crippen MR) is 79.8 cm³/mol. The van der Waals surface area contributed by atoms with E-state index in [1.807, 2.05) is 13.0 Å². The summed E-state index contributed by atoms with van der Waals surface area (Å²) in [6.07, 6.45) is 9.80. The summed E-state index contributed by atoms with van der Waals surface area (Å²) < 4.78 is 1.78. The summed E-state index contributed by atoms with van der Waals surface area (Å²) in [4.78, 5) is 8.52. The Morgan fingerprint density at radius 2 is 2.20 bits per heavy atom. The Morgan fingerprint density at radius 3 is 3.00 bits per heavy atom. The fourth-order valence-corrected chi connectivity index (χ4v) is 3.14. The number of rotatable bonds is 5. The first-order chi connectivity index (χ1) is 9.72. The standard InChI is InChI=1S/C15H23N5/c1-11(7-8-13-5-3-4-6-13)18-14-9-12(2)19-15-16-10-17-20(14)15/h9-11,13,18H,3-8H2,1-2H3. The molecule has 1 saturated carbocycles. The summed E-state index contributed by atoms with van der Waals surface area (Å²) in [7, 11) is 0. The fourth-order valence-electron chi connectivity index (χ4n) is 3.14. The van der Waals surface area contributed by atoms with E-state index in [4.69, 9.17) is 0 Å². The lowest BCUT2D eigenvalue weighted by molar-refractivity contribution is 0.466. The van der Waals surface area contributed by atoms with Crippen molar-refractivity contribution in [3.63, 3.8) is 0 Å². The second-order valence-corrected chi connectivity index (χ2v) is 6.03. The molecule has 1 atom stereocenters. The first kappa shape index (κ1) is 13.3. The lowest BCUT2D eigenvalue weighted by Gasteiger charge is -2.18. The van der Waals surface area contributed by atoms with Crippen LogP contribution in [-0.4, -0.2) is 25.6 Å². The van der Waals surface area contributed by atoms with Gasteiger partial charge in [0.25, 0.3) is 5.78 Å². The van der Waals surface area contributed by atoms with Crippen LogP contribution in [0.25, 0.3) is 5.78 Å². The Bertz CT molecular complexity index is 571. The van der Waals surface area contributed by atoms with Crippen molar-refractivity contribution in [2.45, 2.75) is 58.4 Å². The molecule has 1 N–H and O–H groups in total. The van der Waals surface area contributed by atoms with Gasteiger partial charge in [-0.15, -0.1) is 0 Å². The molecule has 2 heterocycles. The summed E-state index contributed by atoms with van der Waals surface area (Å²) >= 11 is 0. The highest BCUT2D eigenvalue weighted by Gasteiger charge is 2.16. The number of aromatic nitrogens is 4. The van der Waals surface area contributed by atoms with Crippen molar-refractivity contribution in [1.82, 2.24) is 19.6 Å². The molecule has 0 aliphatic heterocycles. The van der Waals surface area contributed by atoms with Crippen LogP contribution in [-0.2, 0) is 0 Å². The molecule has 20 heavy (non-hydrogen) atoms. The van der Waals surface area contributed by atoms with E-state index >= 15 is 0 Å². The maximum absolute atomic E-state index is 4.36. The van der Waals surface area contributed by atoms with Gasteiger partial charge in [-0.3, -0.25) is 0 Å². The third-order valence-electron chi connectivity index (χ3n) is 4.26. The van der Waals surface area contributed by atoms with E-state index in [0.29, 0.717) is 11.8 Å². The van der Waals surface area contributed by atoms with Crippen LogP contribution in [0.3, 0.4) is 0 Å². The Morgan fingerprint density at radius 1 is 1.40 bits per heavy atom. The highest BCUT2D eigenvalue weighted by molar-refractivity contribution is 5.45. The average molecular weight is 273 g/mol. The van der Waals surface area contributed by atoms with E-state index in [1.165, 1.54) is 38.5 Å². The van der Waals surface area contributed by atoms with E-state index in [1.54, 1.807) is 10.8 Å². The Labute approximate surface area is 119 Å². The van der Waals surface area contributed by atoms with Crippen LogP contribution in [0.5, 0.6) is 0 Å². The highest BCUT2D eigenvalue weighted by Crippen LogP contribution is 2.29. The quantitative estimate of drug-likeness (QED) is 0.909. The first-order valence-corrected chi connectivity index (χ1v) is 7.66. The molecule has 2 aromatic heterocycles. The van der Waals surface area contributed by atoms with Gasteiger partial charge in [-0.2, -0.15) is 14.6 Å². The van der Waals surface area contributed by atoms with Gasteiger partial charge >= 0.3 is 0 Å². The van der Waals surface area contributed by atoms with Crippen molar-refractivity contribution in [3.05, 3.63) is 18.1 Å². The molecule has 1 aliphatic rings. The molecule has 0 amide bonds. The second kappa shape index (κ2) is 5.77. The summed E-state index contributed by atoms with van der Waals surface area (Å²) in [6.45, 7) is 4.23. The van der Waals surface area contributed by atoms with Crippen LogP contribution < -0.4 is 5.32 Å². The number of hydrogen-bond acceptors (Lipinski definition) is 4. The minimum absolute atomic E-state index is 0.449. The number of hydrogen-bond donors (Lipinski definition) is 1. The molecular formula is C15H23N5. The molecule has 1 unspecified atom stereocenters. The third-order valence-corrected chi connectivity index (χ3v) is 4.26. The van der Waals surface area contributed by atoms with Gasteiger partial charge in [0.05, 0.1) is 0 Å². The topological polar surface area (TPSA) is 55.1 Å². The van der Waals surface area contributed by atoms with Gasteiger partial charge in [-0.05, 0) is 32.6 Å². The van der Waals surface area contributed by atoms with Gasteiger partial charge in [-0.1, -0.05) is 25.7 Å². The van der Waals surface area contributed by atoms with Crippen LogP contribution in [0, 0.1) is 12.8 Å². The van der Waals surface area contributed by atoms with E-state index in [0.717, 1.165) is 17.4 Å². The van der Waals surface area contributed by atoms with Crippen LogP contribution >= 0.6 is 0 Å². The van der Waals surface area contributed by atoms with Crippen molar-refractivity contribution >= 4 is 11.6 Å². The minimum Gasteiger partial charge on any atom is -0.367 e. The molecule has 5 heteroatoms. The molecule has 0 radical (unpaired) electrons.